The molecule has 0 amide bonds. The van der Waals surface area contributed by atoms with Gasteiger partial charge in [-0.25, -0.2) is 8.78 Å². The first-order valence-electron chi connectivity index (χ1n) is 14.7. The van der Waals surface area contributed by atoms with Crippen LogP contribution in [-0.2, 0) is 23.9 Å². The molecule has 3 unspecified atom stereocenters. The molecule has 3 N–H and O–H groups in total. The fourth-order valence-electron chi connectivity index (χ4n) is 7.88. The van der Waals surface area contributed by atoms with Gasteiger partial charge in [0.2, 0.25) is 0 Å². The van der Waals surface area contributed by atoms with Crippen molar-refractivity contribution < 1.29 is 31.4 Å². The van der Waals surface area contributed by atoms with Crippen LogP contribution in [0.4, 0.5) is 33.5 Å². The lowest BCUT2D eigenvalue weighted by atomic mass is 9.91. The van der Waals surface area contributed by atoms with Crippen LogP contribution in [0.25, 0.3) is 0 Å². The van der Waals surface area contributed by atoms with Crippen LogP contribution in [-0.4, -0.2) is 71.4 Å². The summed E-state index contributed by atoms with van der Waals surface area (Å²) in [5, 5.41) is 3.59. The highest BCUT2D eigenvalue weighted by atomic mass is 19.4. The topological polar surface area (TPSA) is 88.8 Å². The second-order valence-corrected chi connectivity index (χ2v) is 12.5. The molecule has 1 aromatic carbocycles. The minimum atomic E-state index is -4.80. The smallest absolute Gasteiger partial charge is 0.417 e. The van der Waals surface area contributed by atoms with Crippen molar-refractivity contribution in [1.29, 1.82) is 0 Å². The molecular formula is C29H35F5N6O2. The first-order valence-corrected chi connectivity index (χ1v) is 14.7. The number of nitrogen functional groups attached to an aromatic ring is 1. The predicted molar refractivity (Wildman–Crippen MR) is 145 cm³/mol. The van der Waals surface area contributed by atoms with Gasteiger partial charge in [-0.15, -0.1) is 0 Å². The number of nitrogens with one attached hydrogen (secondary N) is 1. The number of alkyl halides is 4. The van der Waals surface area contributed by atoms with E-state index in [0.717, 1.165) is 38.3 Å². The number of rotatable bonds is 5. The van der Waals surface area contributed by atoms with Crippen molar-refractivity contribution in [3.8, 4) is 6.01 Å². The Hall–Kier alpha value is -2.77. The van der Waals surface area contributed by atoms with Crippen LogP contribution < -0.4 is 20.7 Å². The van der Waals surface area contributed by atoms with Gasteiger partial charge in [-0.2, -0.15) is 23.1 Å². The number of halogens is 5. The fraction of sp³-hybridized carbons (Fsp3) is 0.655. The molecule has 5 aliphatic rings. The van der Waals surface area contributed by atoms with Gasteiger partial charge < -0.3 is 25.4 Å². The summed E-state index contributed by atoms with van der Waals surface area (Å²) in [4.78, 5) is 13.7. The molecule has 4 fully saturated rings. The Balaban J connectivity index is 1.25. The Morgan fingerprint density at radius 1 is 1.19 bits per heavy atom. The molecule has 5 atom stereocenters. The lowest BCUT2D eigenvalue weighted by Gasteiger charge is -2.37. The number of fused-ring (bicyclic) bond motifs is 4. The zero-order chi connectivity index (χ0) is 29.4. The molecular weight excluding hydrogens is 559 g/mol. The van der Waals surface area contributed by atoms with Crippen molar-refractivity contribution in [3.63, 3.8) is 0 Å². The maximum atomic E-state index is 15.3. The second-order valence-electron chi connectivity index (χ2n) is 12.5. The highest BCUT2D eigenvalue weighted by Gasteiger charge is 2.49. The van der Waals surface area contributed by atoms with E-state index >= 15 is 4.39 Å². The molecule has 2 bridgehead atoms. The molecule has 42 heavy (non-hydrogen) atoms. The van der Waals surface area contributed by atoms with Crippen molar-refractivity contribution >= 4 is 11.5 Å². The van der Waals surface area contributed by atoms with Gasteiger partial charge in [0.1, 0.15) is 18.6 Å². The van der Waals surface area contributed by atoms with Gasteiger partial charge in [-0.3, -0.25) is 4.90 Å². The van der Waals surface area contributed by atoms with Gasteiger partial charge in [-0.05, 0) is 50.8 Å². The van der Waals surface area contributed by atoms with Gasteiger partial charge in [-0.1, -0.05) is 0 Å². The molecule has 6 heterocycles. The molecule has 7 rings (SSSR count). The van der Waals surface area contributed by atoms with E-state index in [2.05, 4.69) is 20.1 Å². The van der Waals surface area contributed by atoms with Crippen LogP contribution in [0.1, 0.15) is 66.2 Å². The number of nitrogens with zero attached hydrogens (tertiary/aromatic N) is 4. The Morgan fingerprint density at radius 3 is 2.69 bits per heavy atom. The zero-order valence-electron chi connectivity index (χ0n) is 23.4. The number of aryl methyl sites for hydroxylation is 1. The number of nitrogens with two attached hydrogens (primary N) is 1. The molecule has 0 aliphatic carbocycles. The van der Waals surface area contributed by atoms with Crippen molar-refractivity contribution in [2.24, 2.45) is 0 Å². The van der Waals surface area contributed by atoms with Crippen LogP contribution in [0.15, 0.2) is 6.07 Å². The number of ether oxygens (including phenoxy) is 2. The third-order valence-electron chi connectivity index (χ3n) is 9.74. The summed E-state index contributed by atoms with van der Waals surface area (Å²) in [7, 11) is 0. The monoisotopic (exact) mass is 594 g/mol. The standard InChI is InChI=1S/C29H35F5N6O2/c1-15-7-20(35)25(31)23(24(15)29(32,33)34)22-8-21-19(13-41-22)26(39-11-17-3-4-18(12-39)36-17)38-27(37-21)42-14-28-5-2-6-40(28)10-16(30)9-28/h7,16-18,22,36H,2-6,8-14,35H2,1H3/t16-,17?,18?,22?,28+/m1/s1. The largest absolute Gasteiger partial charge is 0.461 e. The lowest BCUT2D eigenvalue weighted by Crippen LogP contribution is -2.52. The summed E-state index contributed by atoms with van der Waals surface area (Å²) in [6.45, 7) is 4.03. The quantitative estimate of drug-likeness (QED) is 0.393. The zero-order valence-corrected chi connectivity index (χ0v) is 23.4. The molecule has 0 radical (unpaired) electrons. The summed E-state index contributed by atoms with van der Waals surface area (Å²) in [5.41, 5.74) is 4.28. The SMILES string of the molecule is Cc1cc(N)c(F)c(C2Cc3nc(OC[C@@]45CCCN4C[C@H](F)C5)nc(N4CC5CCC(C4)N5)c3CO2)c1C(F)(F)F. The lowest BCUT2D eigenvalue weighted by molar-refractivity contribution is -0.140. The van der Waals surface area contributed by atoms with Crippen LogP contribution in [0.3, 0.4) is 0 Å². The van der Waals surface area contributed by atoms with E-state index in [1.54, 1.807) is 0 Å². The first kappa shape index (κ1) is 28.0. The number of hydrogen-bond donors (Lipinski definition) is 2. The number of aromatic nitrogens is 2. The van der Waals surface area contributed by atoms with E-state index < -0.39 is 40.9 Å². The average Bonchev–Trinajstić information content (AvgIpc) is 3.58. The third kappa shape index (κ3) is 4.77. The summed E-state index contributed by atoms with van der Waals surface area (Å²) in [5.74, 6) is -0.504. The highest BCUT2D eigenvalue weighted by Crippen LogP contribution is 2.45. The van der Waals surface area contributed by atoms with Crippen molar-refractivity contribution in [2.75, 3.05) is 43.4 Å². The fourth-order valence-corrected chi connectivity index (χ4v) is 7.88. The number of piperazine rings is 1. The van der Waals surface area contributed by atoms with Crippen molar-refractivity contribution in [3.05, 3.63) is 39.8 Å². The normalized spacial score (nSPS) is 31.0. The van der Waals surface area contributed by atoms with Crippen molar-refractivity contribution in [1.82, 2.24) is 20.2 Å². The summed E-state index contributed by atoms with van der Waals surface area (Å²) in [6.07, 6.45) is -2.81. The van der Waals surface area contributed by atoms with Crippen LogP contribution in [0.5, 0.6) is 6.01 Å². The molecule has 228 valence electrons. The van der Waals surface area contributed by atoms with Gasteiger partial charge in [0.05, 0.1) is 35.2 Å². The molecule has 0 saturated carbocycles. The van der Waals surface area contributed by atoms with E-state index in [-0.39, 0.29) is 36.9 Å². The van der Waals surface area contributed by atoms with E-state index in [1.807, 2.05) is 0 Å². The third-order valence-corrected chi connectivity index (χ3v) is 9.74. The Labute approximate surface area is 240 Å². The van der Waals surface area contributed by atoms with Crippen molar-refractivity contribution in [2.45, 2.75) is 88.1 Å². The Kier molecular flexibility index (Phi) is 6.78. The van der Waals surface area contributed by atoms with Gasteiger partial charge in [0, 0.05) is 55.7 Å². The Bertz CT molecular complexity index is 1380. The van der Waals surface area contributed by atoms with Crippen LogP contribution in [0.2, 0.25) is 0 Å². The van der Waals surface area contributed by atoms with E-state index in [1.165, 1.54) is 6.92 Å². The molecule has 8 nitrogen and oxygen atoms in total. The molecule has 13 heteroatoms. The minimum absolute atomic E-state index is 0.0826. The number of hydrogen-bond acceptors (Lipinski definition) is 8. The molecule has 4 saturated heterocycles. The number of benzene rings is 1. The van der Waals surface area contributed by atoms with Crippen LogP contribution in [0, 0.1) is 12.7 Å². The van der Waals surface area contributed by atoms with Crippen LogP contribution >= 0.6 is 0 Å². The maximum Gasteiger partial charge on any atom is 0.417 e. The average molecular weight is 595 g/mol. The second kappa shape index (κ2) is 10.2. The molecule has 0 spiro atoms. The molecule has 5 aliphatic heterocycles. The molecule has 2 aromatic rings. The predicted octanol–water partition coefficient (Wildman–Crippen LogP) is 4.23. The number of anilines is 2. The maximum absolute atomic E-state index is 15.3. The highest BCUT2D eigenvalue weighted by molar-refractivity contribution is 5.55. The van der Waals surface area contributed by atoms with E-state index in [9.17, 15) is 17.6 Å². The summed E-state index contributed by atoms with van der Waals surface area (Å²) in [6, 6.07) is 1.71. The minimum Gasteiger partial charge on any atom is -0.461 e. The molecule has 1 aromatic heterocycles. The first-order chi connectivity index (χ1) is 20.0. The van der Waals surface area contributed by atoms with E-state index in [0.29, 0.717) is 55.2 Å². The van der Waals surface area contributed by atoms with E-state index in [4.69, 9.17) is 20.2 Å². The van der Waals surface area contributed by atoms with Gasteiger partial charge in [0.25, 0.3) is 0 Å². The van der Waals surface area contributed by atoms with Gasteiger partial charge >= 0.3 is 12.2 Å². The summed E-state index contributed by atoms with van der Waals surface area (Å²) >= 11 is 0. The summed E-state index contributed by atoms with van der Waals surface area (Å²) < 4.78 is 84.3. The van der Waals surface area contributed by atoms with Gasteiger partial charge in [0.15, 0.2) is 5.82 Å². The Morgan fingerprint density at radius 2 is 1.95 bits per heavy atom.